The largest absolute Gasteiger partial charge is 0.383 e. The number of likely N-dealkylation sites (tertiary alicyclic amines) is 1. The van der Waals surface area contributed by atoms with Crippen LogP contribution >= 0.6 is 0 Å². The third kappa shape index (κ3) is 3.08. The first kappa shape index (κ1) is 17.7. The van der Waals surface area contributed by atoms with E-state index in [1.54, 1.807) is 25.4 Å². The van der Waals surface area contributed by atoms with Crippen molar-refractivity contribution >= 4 is 17.6 Å². The molecule has 0 aliphatic carbocycles. The second kappa shape index (κ2) is 6.29. The summed E-state index contributed by atoms with van der Waals surface area (Å²) in [5.74, 6) is 0.0177. The Hall–Kier alpha value is -2.15. The second-order valence-corrected chi connectivity index (χ2v) is 7.52. The number of rotatable bonds is 3. The van der Waals surface area contributed by atoms with Gasteiger partial charge in [-0.3, -0.25) is 9.59 Å². The van der Waals surface area contributed by atoms with Crippen LogP contribution in [0.15, 0.2) is 18.3 Å². The Balaban J connectivity index is 1.95. The molecular formula is C18H26N4O3. The lowest BCUT2D eigenvalue weighted by atomic mass is 9.82. The van der Waals surface area contributed by atoms with Crippen LogP contribution < -0.4 is 11.1 Å². The minimum absolute atomic E-state index is 0.0812. The Morgan fingerprint density at radius 3 is 2.92 bits per heavy atom. The fourth-order valence-electron chi connectivity index (χ4n) is 4.36. The van der Waals surface area contributed by atoms with Crippen LogP contribution in [-0.2, 0) is 9.53 Å². The fourth-order valence-corrected chi connectivity index (χ4v) is 4.36. The van der Waals surface area contributed by atoms with Crippen molar-refractivity contribution in [3.05, 3.63) is 23.9 Å². The molecule has 25 heavy (non-hydrogen) atoms. The van der Waals surface area contributed by atoms with Crippen LogP contribution in [0, 0.1) is 0 Å². The number of nitrogen functional groups attached to an aromatic ring is 1. The van der Waals surface area contributed by atoms with Crippen molar-refractivity contribution in [3.8, 4) is 0 Å². The third-order valence-electron chi connectivity index (χ3n) is 5.29. The van der Waals surface area contributed by atoms with E-state index in [9.17, 15) is 9.59 Å². The zero-order valence-corrected chi connectivity index (χ0v) is 15.0. The van der Waals surface area contributed by atoms with Gasteiger partial charge in [0.15, 0.2) is 0 Å². The molecule has 2 saturated heterocycles. The summed E-state index contributed by atoms with van der Waals surface area (Å²) in [6.07, 6.45) is 3.90. The van der Waals surface area contributed by atoms with E-state index >= 15 is 0 Å². The SMILES string of the molecule is CNC(=O)C[C@@H]1OC(C)(C)C[C@]12CCCN2C(=O)c1cccnc1N. The van der Waals surface area contributed by atoms with Crippen LogP contribution in [0.25, 0.3) is 0 Å². The molecule has 1 spiro atoms. The summed E-state index contributed by atoms with van der Waals surface area (Å²) in [5, 5.41) is 2.66. The van der Waals surface area contributed by atoms with E-state index in [4.69, 9.17) is 10.5 Å². The minimum Gasteiger partial charge on any atom is -0.383 e. The fraction of sp³-hybridized carbons (Fsp3) is 0.611. The number of pyridine rings is 1. The predicted molar refractivity (Wildman–Crippen MR) is 93.9 cm³/mol. The molecule has 0 aromatic carbocycles. The molecule has 0 radical (unpaired) electrons. The van der Waals surface area contributed by atoms with Gasteiger partial charge in [-0.25, -0.2) is 4.98 Å². The van der Waals surface area contributed by atoms with Crippen molar-refractivity contribution < 1.29 is 14.3 Å². The minimum atomic E-state index is -0.477. The Morgan fingerprint density at radius 1 is 1.48 bits per heavy atom. The summed E-state index contributed by atoms with van der Waals surface area (Å²) < 4.78 is 6.20. The molecule has 0 bridgehead atoms. The molecule has 2 amide bonds. The van der Waals surface area contributed by atoms with Gasteiger partial charge < -0.3 is 20.7 Å². The number of nitrogens with two attached hydrogens (primary N) is 1. The van der Waals surface area contributed by atoms with Gasteiger partial charge in [-0.1, -0.05) is 0 Å². The Bertz CT molecular complexity index is 691. The van der Waals surface area contributed by atoms with Gasteiger partial charge in [0.25, 0.3) is 5.91 Å². The summed E-state index contributed by atoms with van der Waals surface area (Å²) in [6.45, 7) is 4.66. The average Bonchev–Trinajstić information content (AvgIpc) is 3.08. The van der Waals surface area contributed by atoms with Gasteiger partial charge in [-0.2, -0.15) is 0 Å². The molecule has 2 aliphatic heterocycles. The van der Waals surface area contributed by atoms with Crippen molar-refractivity contribution in [2.75, 3.05) is 19.3 Å². The van der Waals surface area contributed by atoms with E-state index in [-0.39, 0.29) is 35.8 Å². The number of carbonyl (C=O) groups is 2. The van der Waals surface area contributed by atoms with E-state index in [2.05, 4.69) is 10.3 Å². The van der Waals surface area contributed by atoms with Crippen molar-refractivity contribution in [2.24, 2.45) is 0 Å². The van der Waals surface area contributed by atoms with Gasteiger partial charge in [0.1, 0.15) is 5.82 Å². The lowest BCUT2D eigenvalue weighted by Crippen LogP contribution is -2.53. The van der Waals surface area contributed by atoms with Gasteiger partial charge in [0.05, 0.1) is 29.2 Å². The normalized spacial score (nSPS) is 27.6. The highest BCUT2D eigenvalue weighted by Gasteiger charge is 2.58. The Kier molecular flexibility index (Phi) is 4.45. The second-order valence-electron chi connectivity index (χ2n) is 7.52. The van der Waals surface area contributed by atoms with E-state index in [0.29, 0.717) is 18.5 Å². The lowest BCUT2D eigenvalue weighted by Gasteiger charge is -2.39. The number of carbonyl (C=O) groups excluding carboxylic acids is 2. The van der Waals surface area contributed by atoms with Crippen LogP contribution in [0.1, 0.15) is 49.9 Å². The number of nitrogens with one attached hydrogen (secondary N) is 1. The van der Waals surface area contributed by atoms with Gasteiger partial charge in [0, 0.05) is 26.2 Å². The number of ether oxygens (including phenoxy) is 1. The number of amides is 2. The number of aromatic nitrogens is 1. The van der Waals surface area contributed by atoms with Crippen molar-refractivity contribution in [1.29, 1.82) is 0 Å². The molecule has 3 rings (SSSR count). The van der Waals surface area contributed by atoms with Crippen LogP contribution in [0.2, 0.25) is 0 Å². The molecule has 0 unspecified atom stereocenters. The number of nitrogens with zero attached hydrogens (tertiary/aromatic N) is 2. The van der Waals surface area contributed by atoms with Gasteiger partial charge >= 0.3 is 0 Å². The monoisotopic (exact) mass is 346 g/mol. The highest BCUT2D eigenvalue weighted by Crippen LogP contribution is 2.49. The van der Waals surface area contributed by atoms with Crippen LogP contribution in [0.5, 0.6) is 0 Å². The predicted octanol–water partition coefficient (Wildman–Crippen LogP) is 1.34. The van der Waals surface area contributed by atoms with Crippen LogP contribution in [0.3, 0.4) is 0 Å². The maximum absolute atomic E-state index is 13.2. The lowest BCUT2D eigenvalue weighted by molar-refractivity contribution is -0.126. The summed E-state index contributed by atoms with van der Waals surface area (Å²) in [4.78, 5) is 31.1. The summed E-state index contributed by atoms with van der Waals surface area (Å²) in [6, 6.07) is 3.41. The molecule has 1 aromatic heterocycles. The van der Waals surface area contributed by atoms with Crippen LogP contribution in [0.4, 0.5) is 5.82 Å². The number of hydrogen-bond acceptors (Lipinski definition) is 5. The van der Waals surface area contributed by atoms with Crippen molar-refractivity contribution in [2.45, 2.75) is 56.8 Å². The topological polar surface area (TPSA) is 97.5 Å². The Labute approximate surface area is 147 Å². The first-order valence-electron chi connectivity index (χ1n) is 8.70. The molecule has 2 aliphatic rings. The summed E-state index contributed by atoms with van der Waals surface area (Å²) in [5.41, 5.74) is 5.46. The molecule has 7 nitrogen and oxygen atoms in total. The van der Waals surface area contributed by atoms with Gasteiger partial charge in [-0.15, -0.1) is 0 Å². The number of hydrogen-bond donors (Lipinski definition) is 2. The van der Waals surface area contributed by atoms with E-state index in [1.165, 1.54) is 0 Å². The van der Waals surface area contributed by atoms with Crippen molar-refractivity contribution in [3.63, 3.8) is 0 Å². The number of anilines is 1. The third-order valence-corrected chi connectivity index (χ3v) is 5.29. The average molecular weight is 346 g/mol. The van der Waals surface area contributed by atoms with Gasteiger partial charge in [0.2, 0.25) is 5.91 Å². The highest BCUT2D eigenvalue weighted by molar-refractivity contribution is 5.99. The maximum atomic E-state index is 13.2. The zero-order valence-electron chi connectivity index (χ0n) is 15.0. The maximum Gasteiger partial charge on any atom is 0.258 e. The van der Waals surface area contributed by atoms with E-state index < -0.39 is 5.54 Å². The first-order chi connectivity index (χ1) is 11.8. The molecule has 0 saturated carbocycles. The molecule has 3 N–H and O–H groups in total. The molecule has 136 valence electrons. The van der Waals surface area contributed by atoms with E-state index in [1.807, 2.05) is 18.7 Å². The summed E-state index contributed by atoms with van der Waals surface area (Å²) >= 11 is 0. The quantitative estimate of drug-likeness (QED) is 0.861. The molecule has 7 heteroatoms. The van der Waals surface area contributed by atoms with Gasteiger partial charge in [-0.05, 0) is 38.8 Å². The van der Waals surface area contributed by atoms with Crippen LogP contribution in [-0.4, -0.2) is 52.5 Å². The molecular weight excluding hydrogens is 320 g/mol. The molecule has 2 atom stereocenters. The smallest absolute Gasteiger partial charge is 0.258 e. The standard InChI is InChI=1S/C18H26N4O3/c1-17(2)11-18(13(25-17)10-14(23)20-3)7-5-9-22(18)16(24)12-6-4-8-21-15(12)19/h4,6,8,13H,5,7,9-11H2,1-3H3,(H2,19,21)(H,20,23)/t13-,18+/m0/s1. The first-order valence-corrected chi connectivity index (χ1v) is 8.70. The molecule has 2 fully saturated rings. The molecule has 3 heterocycles. The molecule has 1 aromatic rings. The summed E-state index contributed by atoms with van der Waals surface area (Å²) in [7, 11) is 1.61. The zero-order chi connectivity index (χ0) is 18.2. The van der Waals surface area contributed by atoms with E-state index in [0.717, 1.165) is 12.8 Å². The Morgan fingerprint density at radius 2 is 2.24 bits per heavy atom. The van der Waals surface area contributed by atoms with Crippen molar-refractivity contribution in [1.82, 2.24) is 15.2 Å². The highest BCUT2D eigenvalue weighted by atomic mass is 16.5.